The molecule has 9 heteroatoms. The lowest BCUT2D eigenvalue weighted by atomic mass is 10.0. The maximum atomic E-state index is 13.4. The number of carbonyl (C=O) groups is 1. The van der Waals surface area contributed by atoms with Gasteiger partial charge >= 0.3 is 5.69 Å². The molecule has 0 atom stereocenters. The first-order valence-electron chi connectivity index (χ1n) is 9.68. The van der Waals surface area contributed by atoms with E-state index in [2.05, 4.69) is 15.4 Å². The minimum atomic E-state index is -0.446. The van der Waals surface area contributed by atoms with E-state index in [1.54, 1.807) is 37.1 Å². The molecule has 1 aromatic carbocycles. The number of benzene rings is 1. The maximum Gasteiger partial charge on any atom is 0.350 e. The van der Waals surface area contributed by atoms with Crippen molar-refractivity contribution in [2.45, 2.75) is 55.8 Å². The van der Waals surface area contributed by atoms with Crippen molar-refractivity contribution in [2.75, 3.05) is 5.32 Å². The van der Waals surface area contributed by atoms with E-state index in [9.17, 15) is 14.0 Å². The molecule has 29 heavy (non-hydrogen) atoms. The number of thioether (sulfide) groups is 1. The van der Waals surface area contributed by atoms with Gasteiger partial charge in [0.1, 0.15) is 17.4 Å². The predicted octanol–water partition coefficient (Wildman–Crippen LogP) is 3.40. The summed E-state index contributed by atoms with van der Waals surface area (Å²) in [6.45, 7) is 1.51. The summed E-state index contributed by atoms with van der Waals surface area (Å²) in [6.07, 6.45) is 9.09. The molecule has 7 nitrogen and oxygen atoms in total. The van der Waals surface area contributed by atoms with Crippen molar-refractivity contribution in [3.05, 3.63) is 52.5 Å². The summed E-state index contributed by atoms with van der Waals surface area (Å²) >= 11 is 1.65. The van der Waals surface area contributed by atoms with Gasteiger partial charge in [0.25, 0.3) is 0 Å². The Bertz CT molecular complexity index is 1100. The van der Waals surface area contributed by atoms with Crippen molar-refractivity contribution in [3.8, 4) is 0 Å². The number of amides is 1. The van der Waals surface area contributed by atoms with Gasteiger partial charge in [-0.15, -0.1) is 5.10 Å². The van der Waals surface area contributed by atoms with Gasteiger partial charge in [-0.05, 0) is 37.5 Å². The fraction of sp³-hybridized carbons (Fsp3) is 0.400. The molecule has 0 radical (unpaired) electrons. The predicted molar refractivity (Wildman–Crippen MR) is 110 cm³/mol. The molecule has 152 valence electrons. The van der Waals surface area contributed by atoms with Crippen LogP contribution in [0.25, 0.3) is 5.65 Å². The zero-order valence-electron chi connectivity index (χ0n) is 16.1. The quantitative estimate of drug-likeness (QED) is 0.691. The van der Waals surface area contributed by atoms with Crippen LogP contribution in [0.5, 0.6) is 0 Å². The lowest BCUT2D eigenvalue weighted by molar-refractivity contribution is -0.117. The first-order valence-corrected chi connectivity index (χ1v) is 10.6. The van der Waals surface area contributed by atoms with Crippen LogP contribution in [-0.4, -0.2) is 30.3 Å². The number of aromatic nitrogens is 4. The van der Waals surface area contributed by atoms with Crippen LogP contribution in [0.15, 0.2) is 40.4 Å². The molecule has 0 unspecified atom stereocenters. The second-order valence-electron chi connectivity index (χ2n) is 7.25. The molecule has 1 saturated carbocycles. The van der Waals surface area contributed by atoms with Crippen molar-refractivity contribution in [3.63, 3.8) is 0 Å². The molecular weight excluding hydrogens is 393 g/mol. The lowest BCUT2D eigenvalue weighted by Gasteiger charge is -2.20. The van der Waals surface area contributed by atoms with Gasteiger partial charge in [0.15, 0.2) is 5.65 Å². The van der Waals surface area contributed by atoms with Gasteiger partial charge in [-0.3, -0.25) is 4.79 Å². The largest absolute Gasteiger partial charge is 0.350 e. The minimum absolute atomic E-state index is 0.260. The number of rotatable bonds is 5. The van der Waals surface area contributed by atoms with Crippen molar-refractivity contribution in [2.24, 2.45) is 0 Å². The molecule has 1 fully saturated rings. The molecule has 0 spiro atoms. The zero-order valence-corrected chi connectivity index (χ0v) is 16.9. The number of carbonyl (C=O) groups excluding carboxylic acids is 1. The zero-order chi connectivity index (χ0) is 20.4. The third kappa shape index (κ3) is 4.34. The number of halogens is 1. The third-order valence-corrected chi connectivity index (χ3v) is 6.38. The first kappa shape index (κ1) is 19.6. The highest BCUT2D eigenvalue weighted by Gasteiger charge is 2.20. The van der Waals surface area contributed by atoms with Crippen molar-refractivity contribution < 1.29 is 9.18 Å². The number of hydrogen-bond acceptors (Lipinski definition) is 5. The Balaban J connectivity index is 1.55. The van der Waals surface area contributed by atoms with E-state index in [1.165, 1.54) is 35.8 Å². The topological polar surface area (TPSA) is 81.3 Å². The van der Waals surface area contributed by atoms with Gasteiger partial charge in [0.2, 0.25) is 5.91 Å². The van der Waals surface area contributed by atoms with Gasteiger partial charge in [-0.25, -0.2) is 23.3 Å². The van der Waals surface area contributed by atoms with Crippen LogP contribution in [0, 0.1) is 12.7 Å². The standard InChI is InChI=1S/C20H22FN5O2S/c1-13-7-8-14(21)11-16(13)23-17(27)12-26-20(28)25-10-9-22-19(18(25)24-26)29-15-5-3-2-4-6-15/h7-11,15H,2-6,12H2,1H3,(H,23,27). The number of anilines is 1. The number of fused-ring (bicyclic) bond motifs is 1. The van der Waals surface area contributed by atoms with Gasteiger partial charge in [-0.2, -0.15) is 0 Å². The Labute approximate surface area is 171 Å². The highest BCUT2D eigenvalue weighted by atomic mass is 32.2. The Morgan fingerprint density at radius 1 is 1.31 bits per heavy atom. The van der Waals surface area contributed by atoms with E-state index in [1.807, 2.05) is 0 Å². The number of nitrogens with zero attached hydrogens (tertiary/aromatic N) is 4. The fourth-order valence-electron chi connectivity index (χ4n) is 3.51. The Hall–Kier alpha value is -2.68. The molecule has 1 aliphatic rings. The van der Waals surface area contributed by atoms with Gasteiger partial charge in [0, 0.05) is 23.3 Å². The summed E-state index contributed by atoms with van der Waals surface area (Å²) in [4.78, 5) is 29.5. The number of hydrogen-bond donors (Lipinski definition) is 1. The monoisotopic (exact) mass is 415 g/mol. The van der Waals surface area contributed by atoms with Gasteiger partial charge < -0.3 is 5.32 Å². The molecule has 1 N–H and O–H groups in total. The molecule has 2 heterocycles. The van der Waals surface area contributed by atoms with E-state index in [4.69, 9.17) is 0 Å². The Morgan fingerprint density at radius 2 is 2.10 bits per heavy atom. The Kier molecular flexibility index (Phi) is 5.66. The smallest absolute Gasteiger partial charge is 0.324 e. The SMILES string of the molecule is Cc1ccc(F)cc1NC(=O)Cn1nc2c(SC3CCCCC3)nccn2c1=O. The van der Waals surface area contributed by atoms with Crippen LogP contribution >= 0.6 is 11.8 Å². The molecule has 2 aromatic heterocycles. The molecular formula is C20H22FN5O2S. The molecule has 1 amide bonds. The first-order chi connectivity index (χ1) is 14.0. The summed E-state index contributed by atoms with van der Waals surface area (Å²) in [5, 5.41) is 8.17. The van der Waals surface area contributed by atoms with Crippen LogP contribution in [0.4, 0.5) is 10.1 Å². The lowest BCUT2D eigenvalue weighted by Crippen LogP contribution is -2.28. The van der Waals surface area contributed by atoms with Crippen molar-refractivity contribution in [1.82, 2.24) is 19.2 Å². The normalized spacial score (nSPS) is 15.0. The minimum Gasteiger partial charge on any atom is -0.324 e. The van der Waals surface area contributed by atoms with E-state index < -0.39 is 17.4 Å². The van der Waals surface area contributed by atoms with E-state index >= 15 is 0 Å². The van der Waals surface area contributed by atoms with Crippen LogP contribution in [0.2, 0.25) is 0 Å². The summed E-state index contributed by atoms with van der Waals surface area (Å²) in [5.41, 5.74) is 1.17. The van der Waals surface area contributed by atoms with E-state index in [0.717, 1.165) is 23.1 Å². The van der Waals surface area contributed by atoms with Crippen LogP contribution in [-0.2, 0) is 11.3 Å². The number of aryl methyl sites for hydroxylation is 1. The average Bonchev–Trinajstić information content (AvgIpc) is 3.02. The van der Waals surface area contributed by atoms with Crippen molar-refractivity contribution >= 4 is 29.0 Å². The molecule has 0 saturated heterocycles. The van der Waals surface area contributed by atoms with E-state index in [-0.39, 0.29) is 6.54 Å². The molecule has 4 rings (SSSR count). The summed E-state index contributed by atoms with van der Waals surface area (Å²) < 4.78 is 16.0. The van der Waals surface area contributed by atoms with Crippen LogP contribution in [0.3, 0.4) is 0 Å². The average molecular weight is 415 g/mol. The summed E-state index contributed by atoms with van der Waals surface area (Å²) in [6, 6.07) is 4.17. The van der Waals surface area contributed by atoms with Gasteiger partial charge in [0.05, 0.1) is 0 Å². The van der Waals surface area contributed by atoms with E-state index in [0.29, 0.717) is 21.6 Å². The maximum absolute atomic E-state index is 13.4. The van der Waals surface area contributed by atoms with Crippen molar-refractivity contribution in [1.29, 1.82) is 0 Å². The third-order valence-electron chi connectivity index (χ3n) is 5.07. The second kappa shape index (κ2) is 8.36. The number of nitrogens with one attached hydrogen (secondary N) is 1. The molecule has 1 aliphatic carbocycles. The van der Waals surface area contributed by atoms with Crippen LogP contribution in [0.1, 0.15) is 37.7 Å². The Morgan fingerprint density at radius 3 is 2.90 bits per heavy atom. The van der Waals surface area contributed by atoms with Gasteiger partial charge in [-0.1, -0.05) is 37.1 Å². The fourth-order valence-corrected chi connectivity index (χ4v) is 4.76. The molecule has 0 aliphatic heterocycles. The second-order valence-corrected chi connectivity index (χ2v) is 8.54. The highest BCUT2D eigenvalue weighted by Crippen LogP contribution is 2.33. The summed E-state index contributed by atoms with van der Waals surface area (Å²) in [5.74, 6) is -0.884. The highest BCUT2D eigenvalue weighted by molar-refractivity contribution is 8.00. The van der Waals surface area contributed by atoms with Crippen LogP contribution < -0.4 is 11.0 Å². The summed E-state index contributed by atoms with van der Waals surface area (Å²) in [7, 11) is 0. The molecule has 0 bridgehead atoms. The molecule has 3 aromatic rings.